The second kappa shape index (κ2) is 8.31. The van der Waals surface area contributed by atoms with Crippen molar-refractivity contribution in [2.45, 2.75) is 18.5 Å². The molecule has 28 heavy (non-hydrogen) atoms. The first-order chi connectivity index (χ1) is 13.7. The molecule has 0 radical (unpaired) electrons. The van der Waals surface area contributed by atoms with Crippen molar-refractivity contribution in [2.24, 2.45) is 0 Å². The van der Waals surface area contributed by atoms with Gasteiger partial charge in [0.2, 0.25) is 0 Å². The fraction of sp³-hybridized carbons (Fsp3) is 0.130. The van der Waals surface area contributed by atoms with Crippen LogP contribution in [0.5, 0.6) is 11.5 Å². The van der Waals surface area contributed by atoms with E-state index in [1.165, 1.54) is 17.3 Å². The van der Waals surface area contributed by atoms with Gasteiger partial charge >= 0.3 is 0 Å². The van der Waals surface area contributed by atoms with Crippen LogP contribution >= 0.6 is 11.8 Å². The van der Waals surface area contributed by atoms with Crippen LogP contribution in [-0.2, 0) is 11.2 Å². The van der Waals surface area contributed by atoms with Crippen LogP contribution in [0.15, 0.2) is 78.0 Å². The number of ether oxygens (including phenoxy) is 1. The van der Waals surface area contributed by atoms with Crippen LogP contribution in [0.3, 0.4) is 0 Å². The molecule has 4 nitrogen and oxygen atoms in total. The number of fused-ring (bicyclic) bond motifs is 1. The van der Waals surface area contributed by atoms with Crippen LogP contribution in [0.4, 0.5) is 0 Å². The summed E-state index contributed by atoms with van der Waals surface area (Å²) in [6.07, 6.45) is 0.401. The van der Waals surface area contributed by atoms with Gasteiger partial charge in [0, 0.05) is 6.42 Å². The number of nitrogens with zero attached hydrogens (tertiary/aromatic N) is 1. The minimum Gasteiger partial charge on any atom is -0.457 e. The molecule has 0 aliphatic rings. The summed E-state index contributed by atoms with van der Waals surface area (Å²) in [6, 6.07) is 23.4. The van der Waals surface area contributed by atoms with Crippen molar-refractivity contribution in [3.05, 3.63) is 83.9 Å². The minimum absolute atomic E-state index is 0.165. The molecule has 0 atom stereocenters. The highest BCUT2D eigenvalue weighted by atomic mass is 32.2. The number of aromatic amines is 1. The quantitative estimate of drug-likeness (QED) is 0.421. The number of aromatic nitrogens is 2. The second-order valence-electron chi connectivity index (χ2n) is 6.63. The lowest BCUT2D eigenvalue weighted by atomic mass is 10.1. The van der Waals surface area contributed by atoms with E-state index in [0.29, 0.717) is 12.2 Å². The van der Waals surface area contributed by atoms with E-state index in [2.05, 4.69) is 16.0 Å². The van der Waals surface area contributed by atoms with Gasteiger partial charge in [-0.05, 0) is 54.4 Å². The van der Waals surface area contributed by atoms with Crippen molar-refractivity contribution in [1.82, 2.24) is 9.97 Å². The number of carbonyl (C=O) groups is 1. The van der Waals surface area contributed by atoms with Gasteiger partial charge in [0.25, 0.3) is 0 Å². The molecule has 1 N–H and O–H groups in total. The number of rotatable bonds is 7. The highest BCUT2D eigenvalue weighted by molar-refractivity contribution is 7.99. The van der Waals surface area contributed by atoms with Gasteiger partial charge in [-0.15, -0.1) is 0 Å². The number of benzene rings is 3. The minimum atomic E-state index is 0.165. The number of carbonyl (C=O) groups excluding carboxylic acids is 1. The van der Waals surface area contributed by atoms with Crippen molar-refractivity contribution < 1.29 is 9.53 Å². The zero-order chi connectivity index (χ0) is 19.3. The van der Waals surface area contributed by atoms with Crippen molar-refractivity contribution in [2.75, 3.05) is 5.75 Å². The third-order valence-corrected chi connectivity index (χ3v) is 5.22. The van der Waals surface area contributed by atoms with E-state index in [9.17, 15) is 4.79 Å². The number of para-hydroxylation sites is 1. The lowest BCUT2D eigenvalue weighted by Gasteiger charge is -2.06. The number of Topliss-reactive ketones (excluding diaryl/α,β-unsaturated/α-hetero) is 1. The fourth-order valence-electron chi connectivity index (χ4n) is 2.90. The molecular weight excluding hydrogens is 368 g/mol. The number of hydrogen-bond acceptors (Lipinski definition) is 4. The summed E-state index contributed by atoms with van der Waals surface area (Å²) in [6.45, 7) is 2.05. The van der Waals surface area contributed by atoms with Gasteiger partial charge in [-0.25, -0.2) is 4.98 Å². The first kappa shape index (κ1) is 18.3. The van der Waals surface area contributed by atoms with Gasteiger partial charge in [0.15, 0.2) is 5.16 Å². The van der Waals surface area contributed by atoms with E-state index in [1.807, 2.05) is 73.7 Å². The molecule has 0 unspecified atom stereocenters. The number of nitrogens with one attached hydrogen (secondary N) is 1. The molecular formula is C23H20N2O2S. The van der Waals surface area contributed by atoms with Gasteiger partial charge < -0.3 is 9.72 Å². The van der Waals surface area contributed by atoms with Gasteiger partial charge in [-0.1, -0.05) is 48.2 Å². The molecule has 0 saturated carbocycles. The molecule has 0 aliphatic heterocycles. The van der Waals surface area contributed by atoms with Crippen LogP contribution in [0.1, 0.15) is 11.1 Å². The van der Waals surface area contributed by atoms with Crippen molar-refractivity contribution in [3.8, 4) is 11.5 Å². The predicted molar refractivity (Wildman–Crippen MR) is 113 cm³/mol. The zero-order valence-electron chi connectivity index (χ0n) is 15.5. The Labute approximate surface area is 168 Å². The van der Waals surface area contributed by atoms with E-state index in [1.54, 1.807) is 0 Å². The normalized spacial score (nSPS) is 10.9. The fourth-order valence-corrected chi connectivity index (χ4v) is 3.64. The summed E-state index contributed by atoms with van der Waals surface area (Å²) in [7, 11) is 0. The zero-order valence-corrected chi connectivity index (χ0v) is 16.3. The Morgan fingerprint density at radius 1 is 1.00 bits per heavy atom. The highest BCUT2D eigenvalue weighted by Gasteiger charge is 2.09. The molecule has 0 amide bonds. The summed E-state index contributed by atoms with van der Waals surface area (Å²) in [5.41, 5.74) is 4.09. The summed E-state index contributed by atoms with van der Waals surface area (Å²) in [5, 5.41) is 0.778. The molecule has 1 aromatic heterocycles. The van der Waals surface area contributed by atoms with Gasteiger partial charge in [-0.3, -0.25) is 4.79 Å². The van der Waals surface area contributed by atoms with Gasteiger partial charge in [0.05, 0.1) is 16.8 Å². The molecule has 0 bridgehead atoms. The van der Waals surface area contributed by atoms with E-state index in [-0.39, 0.29) is 5.78 Å². The molecule has 0 spiro atoms. The average Bonchev–Trinajstić information content (AvgIpc) is 3.11. The number of imidazole rings is 1. The van der Waals surface area contributed by atoms with Crippen molar-refractivity contribution >= 4 is 28.6 Å². The molecule has 4 rings (SSSR count). The molecule has 0 fully saturated rings. The van der Waals surface area contributed by atoms with Crippen LogP contribution in [0.2, 0.25) is 0 Å². The lowest BCUT2D eigenvalue weighted by molar-refractivity contribution is -0.116. The molecule has 0 saturated heterocycles. The Morgan fingerprint density at radius 3 is 2.54 bits per heavy atom. The Balaban J connectivity index is 1.31. The maximum absolute atomic E-state index is 12.3. The topological polar surface area (TPSA) is 55.0 Å². The summed E-state index contributed by atoms with van der Waals surface area (Å²) in [4.78, 5) is 20.1. The smallest absolute Gasteiger partial charge is 0.166 e. The van der Waals surface area contributed by atoms with Gasteiger partial charge in [-0.2, -0.15) is 0 Å². The first-order valence-corrected chi connectivity index (χ1v) is 10.1. The Kier molecular flexibility index (Phi) is 5.44. The summed E-state index contributed by atoms with van der Waals surface area (Å²) < 4.78 is 5.78. The molecule has 1 heterocycles. The van der Waals surface area contributed by atoms with Crippen molar-refractivity contribution in [3.63, 3.8) is 0 Å². The molecule has 0 aliphatic carbocycles. The number of ketones is 1. The third-order valence-electron chi connectivity index (χ3n) is 4.29. The number of hydrogen-bond donors (Lipinski definition) is 1. The van der Waals surface area contributed by atoms with E-state index < -0.39 is 0 Å². The average molecular weight is 388 g/mol. The third kappa shape index (κ3) is 4.61. The molecule has 3 aromatic carbocycles. The summed E-state index contributed by atoms with van der Waals surface area (Å²) in [5.74, 6) is 2.11. The maximum Gasteiger partial charge on any atom is 0.166 e. The van der Waals surface area contributed by atoms with Gasteiger partial charge in [0.1, 0.15) is 17.3 Å². The number of thioether (sulfide) groups is 1. The molecule has 140 valence electrons. The Hall–Kier alpha value is -3.05. The van der Waals surface area contributed by atoms with Crippen molar-refractivity contribution in [1.29, 1.82) is 0 Å². The van der Waals surface area contributed by atoms with Crippen LogP contribution in [0, 0.1) is 6.92 Å². The Bertz CT molecular complexity index is 1090. The maximum atomic E-state index is 12.3. The van der Waals surface area contributed by atoms with E-state index in [4.69, 9.17) is 4.74 Å². The monoisotopic (exact) mass is 388 g/mol. The number of aryl methyl sites for hydroxylation is 1. The van der Waals surface area contributed by atoms with Crippen LogP contribution < -0.4 is 4.74 Å². The van der Waals surface area contributed by atoms with Crippen LogP contribution in [-0.4, -0.2) is 21.5 Å². The number of H-pyrrole nitrogens is 1. The van der Waals surface area contributed by atoms with E-state index in [0.717, 1.165) is 33.3 Å². The Morgan fingerprint density at radius 2 is 1.75 bits per heavy atom. The first-order valence-electron chi connectivity index (χ1n) is 9.08. The largest absolute Gasteiger partial charge is 0.457 e. The molecule has 4 aromatic rings. The molecule has 5 heteroatoms. The van der Waals surface area contributed by atoms with E-state index >= 15 is 0 Å². The standard InChI is InChI=1S/C23H20N2O2S/c1-16-7-12-21-22(13-16)25-23(24-21)28-15-18(26)14-17-8-10-20(11-9-17)27-19-5-3-2-4-6-19/h2-13H,14-15H2,1H3,(H,24,25). The lowest BCUT2D eigenvalue weighted by Crippen LogP contribution is -2.05. The SMILES string of the molecule is Cc1ccc2nc(SCC(=O)Cc3ccc(Oc4ccccc4)cc3)[nH]c2c1. The van der Waals surface area contributed by atoms with Crippen LogP contribution in [0.25, 0.3) is 11.0 Å². The highest BCUT2D eigenvalue weighted by Crippen LogP contribution is 2.23. The predicted octanol–water partition coefficient (Wildman–Crippen LogP) is 5.57. The summed E-state index contributed by atoms with van der Waals surface area (Å²) >= 11 is 1.44. The second-order valence-corrected chi connectivity index (χ2v) is 7.59.